The molecule has 1 atom stereocenters. The fraction of sp³-hybridized carbons (Fsp3) is 0.412. The predicted octanol–water partition coefficient (Wildman–Crippen LogP) is 2.32. The number of aliphatic carboxylic acids is 1. The van der Waals surface area contributed by atoms with Gasteiger partial charge in [-0.25, -0.2) is 14.4 Å². The zero-order chi connectivity index (χ0) is 17.6. The number of carbonyl (C=O) groups is 2. The van der Waals surface area contributed by atoms with Gasteiger partial charge >= 0.3 is 5.97 Å². The Morgan fingerprint density at radius 3 is 2.54 bits per heavy atom. The van der Waals surface area contributed by atoms with E-state index in [1.54, 1.807) is 20.8 Å². The van der Waals surface area contributed by atoms with E-state index >= 15 is 0 Å². The molecule has 24 heavy (non-hydrogen) atoms. The minimum Gasteiger partial charge on any atom is -0.481 e. The number of amides is 1. The van der Waals surface area contributed by atoms with Gasteiger partial charge in [0.15, 0.2) is 0 Å². The molecular weight excluding hydrogens is 313 g/mol. The van der Waals surface area contributed by atoms with Crippen molar-refractivity contribution in [2.45, 2.75) is 27.2 Å². The van der Waals surface area contributed by atoms with E-state index < -0.39 is 23.1 Å². The molecule has 126 valence electrons. The number of hydrogen-bond donors (Lipinski definition) is 1. The molecule has 3 rings (SSSR count). The molecule has 1 aliphatic rings. The molecule has 2 heterocycles. The number of aromatic nitrogens is 2. The van der Waals surface area contributed by atoms with Crippen molar-refractivity contribution in [1.82, 2.24) is 14.9 Å². The topological polar surface area (TPSA) is 83.4 Å². The van der Waals surface area contributed by atoms with Crippen LogP contribution in [0.3, 0.4) is 0 Å². The van der Waals surface area contributed by atoms with Crippen molar-refractivity contribution in [3.8, 4) is 0 Å². The molecule has 1 saturated heterocycles. The van der Waals surface area contributed by atoms with Gasteiger partial charge in [0.1, 0.15) is 11.3 Å². The maximum Gasteiger partial charge on any atom is 0.311 e. The fourth-order valence-electron chi connectivity index (χ4n) is 2.94. The number of rotatable bonds is 2. The average Bonchev–Trinajstić information content (AvgIpc) is 2.91. The Kier molecular flexibility index (Phi) is 3.74. The zero-order valence-corrected chi connectivity index (χ0v) is 13.8. The molecule has 1 aliphatic heterocycles. The van der Waals surface area contributed by atoms with E-state index in [9.17, 15) is 19.1 Å². The molecule has 1 aromatic heterocycles. The highest BCUT2D eigenvalue weighted by atomic mass is 19.1. The number of benzene rings is 1. The van der Waals surface area contributed by atoms with Crippen molar-refractivity contribution >= 4 is 22.9 Å². The van der Waals surface area contributed by atoms with E-state index in [0.717, 1.165) is 6.07 Å². The molecule has 0 spiro atoms. The van der Waals surface area contributed by atoms with Crippen LogP contribution >= 0.6 is 0 Å². The third-order valence-electron chi connectivity index (χ3n) is 4.65. The summed E-state index contributed by atoms with van der Waals surface area (Å²) in [5, 5.41) is 9.31. The van der Waals surface area contributed by atoms with Crippen LogP contribution in [0.1, 0.15) is 35.1 Å². The monoisotopic (exact) mass is 331 g/mol. The molecule has 6 nitrogen and oxygen atoms in total. The van der Waals surface area contributed by atoms with Crippen LogP contribution in [0.5, 0.6) is 0 Å². The van der Waals surface area contributed by atoms with Gasteiger partial charge in [0.25, 0.3) is 5.91 Å². The number of carbonyl (C=O) groups excluding carboxylic acids is 1. The van der Waals surface area contributed by atoms with Gasteiger partial charge in [-0.1, -0.05) is 0 Å². The maximum absolute atomic E-state index is 13.9. The molecule has 1 aromatic carbocycles. The average molecular weight is 331 g/mol. The second-order valence-electron chi connectivity index (χ2n) is 6.56. The lowest BCUT2D eigenvalue weighted by Crippen LogP contribution is -2.35. The fourth-order valence-corrected chi connectivity index (χ4v) is 2.94. The molecule has 1 unspecified atom stereocenters. The largest absolute Gasteiger partial charge is 0.481 e. The van der Waals surface area contributed by atoms with Crippen LogP contribution in [0.2, 0.25) is 0 Å². The Bertz CT molecular complexity index is 868. The Morgan fingerprint density at radius 2 is 1.92 bits per heavy atom. The van der Waals surface area contributed by atoms with E-state index in [1.165, 1.54) is 11.0 Å². The molecule has 0 saturated carbocycles. The first-order chi connectivity index (χ1) is 11.2. The van der Waals surface area contributed by atoms with Gasteiger partial charge < -0.3 is 10.0 Å². The van der Waals surface area contributed by atoms with E-state index in [0.29, 0.717) is 35.4 Å². The van der Waals surface area contributed by atoms with Crippen molar-refractivity contribution in [3.05, 3.63) is 34.9 Å². The van der Waals surface area contributed by atoms with Crippen molar-refractivity contribution < 1.29 is 19.1 Å². The summed E-state index contributed by atoms with van der Waals surface area (Å²) >= 11 is 0. The van der Waals surface area contributed by atoms with Gasteiger partial charge in [-0.05, 0) is 33.3 Å². The highest BCUT2D eigenvalue weighted by Crippen LogP contribution is 2.32. The lowest BCUT2D eigenvalue weighted by atomic mass is 9.90. The van der Waals surface area contributed by atoms with Crippen LogP contribution in [-0.4, -0.2) is 44.9 Å². The second-order valence-corrected chi connectivity index (χ2v) is 6.56. The molecule has 1 amide bonds. The van der Waals surface area contributed by atoms with Crippen molar-refractivity contribution in [3.63, 3.8) is 0 Å². The Balaban J connectivity index is 2.05. The first-order valence-corrected chi connectivity index (χ1v) is 7.68. The SMILES string of the molecule is Cc1nc2cc(F)cc(C(=O)N3CCC(C)(C(=O)O)C3)c2nc1C. The van der Waals surface area contributed by atoms with E-state index in [2.05, 4.69) is 9.97 Å². The minimum absolute atomic E-state index is 0.0947. The summed E-state index contributed by atoms with van der Waals surface area (Å²) in [4.78, 5) is 34.3. The Hall–Kier alpha value is -2.57. The van der Waals surface area contributed by atoms with E-state index in [-0.39, 0.29) is 12.1 Å². The summed E-state index contributed by atoms with van der Waals surface area (Å²) in [6, 6.07) is 2.39. The molecular formula is C17H18FN3O3. The predicted molar refractivity (Wildman–Crippen MR) is 85.2 cm³/mol. The van der Waals surface area contributed by atoms with Gasteiger partial charge in [-0.15, -0.1) is 0 Å². The summed E-state index contributed by atoms with van der Waals surface area (Å²) < 4.78 is 13.9. The lowest BCUT2D eigenvalue weighted by Gasteiger charge is -2.20. The van der Waals surface area contributed by atoms with Gasteiger partial charge in [0.2, 0.25) is 0 Å². The van der Waals surface area contributed by atoms with Crippen LogP contribution in [0.15, 0.2) is 12.1 Å². The van der Waals surface area contributed by atoms with Crippen molar-refractivity contribution in [1.29, 1.82) is 0 Å². The van der Waals surface area contributed by atoms with Crippen LogP contribution in [0.4, 0.5) is 4.39 Å². The number of likely N-dealkylation sites (tertiary alicyclic amines) is 1. The minimum atomic E-state index is -0.975. The van der Waals surface area contributed by atoms with Crippen LogP contribution < -0.4 is 0 Å². The third kappa shape index (κ3) is 2.60. The number of hydrogen-bond acceptors (Lipinski definition) is 4. The number of halogens is 1. The van der Waals surface area contributed by atoms with Gasteiger partial charge in [-0.3, -0.25) is 9.59 Å². The molecule has 0 bridgehead atoms. The highest BCUT2D eigenvalue weighted by molar-refractivity contribution is 6.05. The Labute approximate surface area is 138 Å². The van der Waals surface area contributed by atoms with Gasteiger partial charge in [0.05, 0.1) is 27.9 Å². The number of carboxylic acid groups (broad SMARTS) is 1. The third-order valence-corrected chi connectivity index (χ3v) is 4.65. The Morgan fingerprint density at radius 1 is 1.25 bits per heavy atom. The standard InChI is InChI=1S/C17H18FN3O3/c1-9-10(2)20-14-12(6-11(18)7-13(14)19-9)15(22)21-5-4-17(3,8-21)16(23)24/h6-7H,4-5,8H2,1-3H3,(H,23,24). The van der Waals surface area contributed by atoms with E-state index in [4.69, 9.17) is 0 Å². The summed E-state index contributed by atoms with van der Waals surface area (Å²) in [5.74, 6) is -1.92. The van der Waals surface area contributed by atoms with Crippen LogP contribution in [0, 0.1) is 25.1 Å². The summed E-state index contributed by atoms with van der Waals surface area (Å²) in [7, 11) is 0. The first-order valence-electron chi connectivity index (χ1n) is 7.68. The smallest absolute Gasteiger partial charge is 0.311 e. The number of nitrogens with zero attached hydrogens (tertiary/aromatic N) is 3. The van der Waals surface area contributed by atoms with Crippen LogP contribution in [0.25, 0.3) is 11.0 Å². The summed E-state index contributed by atoms with van der Waals surface area (Å²) in [6.07, 6.45) is 0.366. The van der Waals surface area contributed by atoms with E-state index in [1.807, 2.05) is 0 Å². The highest BCUT2D eigenvalue weighted by Gasteiger charge is 2.42. The molecule has 0 radical (unpaired) electrons. The first kappa shape index (κ1) is 16.3. The van der Waals surface area contributed by atoms with Crippen molar-refractivity contribution in [2.24, 2.45) is 5.41 Å². The van der Waals surface area contributed by atoms with Crippen LogP contribution in [-0.2, 0) is 4.79 Å². The lowest BCUT2D eigenvalue weighted by molar-refractivity contribution is -0.147. The second kappa shape index (κ2) is 5.51. The van der Waals surface area contributed by atoms with Gasteiger partial charge in [0, 0.05) is 19.2 Å². The molecule has 1 fully saturated rings. The number of fused-ring (bicyclic) bond motifs is 1. The molecule has 0 aliphatic carbocycles. The van der Waals surface area contributed by atoms with Crippen molar-refractivity contribution in [2.75, 3.05) is 13.1 Å². The molecule has 2 aromatic rings. The normalized spacial score (nSPS) is 20.6. The molecule has 7 heteroatoms. The zero-order valence-electron chi connectivity index (χ0n) is 13.8. The maximum atomic E-state index is 13.9. The molecule has 1 N–H and O–H groups in total. The summed E-state index contributed by atoms with van der Waals surface area (Å²) in [5.41, 5.74) is 1.15. The number of carboxylic acids is 1. The summed E-state index contributed by atoms with van der Waals surface area (Å²) in [6.45, 7) is 5.57. The van der Waals surface area contributed by atoms with Gasteiger partial charge in [-0.2, -0.15) is 0 Å². The quantitative estimate of drug-likeness (QED) is 0.913. The number of aryl methyl sites for hydroxylation is 2.